The van der Waals surface area contributed by atoms with Crippen molar-refractivity contribution < 1.29 is 8.42 Å². The number of imidazole rings is 1. The van der Waals surface area contributed by atoms with Gasteiger partial charge in [-0.3, -0.25) is 0 Å². The lowest BCUT2D eigenvalue weighted by atomic mass is 10.3. The number of rotatable bonds is 4. The van der Waals surface area contributed by atoms with E-state index in [1.54, 1.807) is 19.1 Å². The van der Waals surface area contributed by atoms with Crippen molar-refractivity contribution in [2.45, 2.75) is 13.0 Å². The zero-order valence-electron chi connectivity index (χ0n) is 10.3. The van der Waals surface area contributed by atoms with Gasteiger partial charge in [0.1, 0.15) is 9.84 Å². The lowest BCUT2D eigenvalue weighted by Gasteiger charge is -2.10. The van der Waals surface area contributed by atoms with Crippen LogP contribution in [0.1, 0.15) is 6.92 Å². The van der Waals surface area contributed by atoms with Crippen LogP contribution < -0.4 is 11.1 Å². The Labute approximate surface area is 106 Å². The summed E-state index contributed by atoms with van der Waals surface area (Å²) in [7, 11) is -3.00. The highest BCUT2D eigenvalue weighted by molar-refractivity contribution is 7.90. The zero-order chi connectivity index (χ0) is 13.3. The van der Waals surface area contributed by atoms with Crippen LogP contribution >= 0.6 is 0 Å². The number of benzene rings is 1. The topological polar surface area (TPSA) is 101 Å². The van der Waals surface area contributed by atoms with Crippen LogP contribution in [-0.4, -0.2) is 36.4 Å². The van der Waals surface area contributed by atoms with Gasteiger partial charge in [0.05, 0.1) is 16.8 Å². The maximum Gasteiger partial charge on any atom is 0.201 e. The van der Waals surface area contributed by atoms with Crippen molar-refractivity contribution in [3.05, 3.63) is 18.2 Å². The van der Waals surface area contributed by atoms with E-state index in [0.717, 1.165) is 11.0 Å². The van der Waals surface area contributed by atoms with E-state index in [9.17, 15) is 8.42 Å². The summed E-state index contributed by atoms with van der Waals surface area (Å²) in [5.74, 6) is 0.610. The van der Waals surface area contributed by atoms with Gasteiger partial charge >= 0.3 is 0 Å². The molecule has 1 unspecified atom stereocenters. The molecule has 4 N–H and O–H groups in total. The molecule has 6 nitrogen and oxygen atoms in total. The molecule has 1 aromatic heterocycles. The van der Waals surface area contributed by atoms with Crippen LogP contribution in [0.2, 0.25) is 0 Å². The molecule has 0 aliphatic rings. The average Bonchev–Trinajstić information content (AvgIpc) is 2.55. The quantitative estimate of drug-likeness (QED) is 0.718. The van der Waals surface area contributed by atoms with Gasteiger partial charge in [0.15, 0.2) is 0 Å². The van der Waals surface area contributed by atoms with Gasteiger partial charge in [-0.05, 0) is 25.1 Å². The summed E-state index contributed by atoms with van der Waals surface area (Å²) in [6, 6.07) is 5.16. The van der Waals surface area contributed by atoms with Crippen LogP contribution in [-0.2, 0) is 9.84 Å². The maximum atomic E-state index is 11.2. The van der Waals surface area contributed by atoms with Crippen molar-refractivity contribution in [2.75, 3.05) is 23.1 Å². The summed E-state index contributed by atoms with van der Waals surface area (Å²) in [5.41, 5.74) is 7.94. The highest BCUT2D eigenvalue weighted by Crippen LogP contribution is 2.17. The minimum atomic E-state index is -3.00. The molecule has 0 fully saturated rings. The number of nitrogens with two attached hydrogens (primary N) is 1. The zero-order valence-corrected chi connectivity index (χ0v) is 11.1. The van der Waals surface area contributed by atoms with E-state index in [1.165, 1.54) is 6.26 Å². The molecule has 2 rings (SSSR count). The molecular formula is C11H16N4O2S. The molecule has 0 radical (unpaired) electrons. The molecule has 0 aliphatic heterocycles. The first-order chi connectivity index (χ1) is 8.33. The van der Waals surface area contributed by atoms with E-state index in [-0.39, 0.29) is 11.8 Å². The summed E-state index contributed by atoms with van der Waals surface area (Å²) in [6.07, 6.45) is 1.21. The molecule has 0 amide bonds. The number of sulfone groups is 1. The fraction of sp³-hybridized carbons (Fsp3) is 0.364. The molecule has 0 saturated heterocycles. The minimum Gasteiger partial charge on any atom is -0.399 e. The third kappa shape index (κ3) is 3.13. The Hall–Kier alpha value is -1.76. The number of anilines is 2. The minimum absolute atomic E-state index is 0.0617. The van der Waals surface area contributed by atoms with Crippen molar-refractivity contribution >= 4 is 32.5 Å². The van der Waals surface area contributed by atoms with Gasteiger partial charge in [0.2, 0.25) is 5.95 Å². The second-order valence-corrected chi connectivity index (χ2v) is 6.68. The molecule has 1 heterocycles. The van der Waals surface area contributed by atoms with E-state index in [1.807, 2.05) is 6.07 Å². The molecule has 2 aromatic rings. The Kier molecular flexibility index (Phi) is 3.16. The van der Waals surface area contributed by atoms with Gasteiger partial charge in [0, 0.05) is 18.0 Å². The van der Waals surface area contributed by atoms with Crippen LogP contribution in [0.25, 0.3) is 11.0 Å². The number of nitrogen functional groups attached to an aromatic ring is 1. The molecular weight excluding hydrogens is 252 g/mol. The Morgan fingerprint density at radius 2 is 2.22 bits per heavy atom. The predicted molar refractivity (Wildman–Crippen MR) is 73.3 cm³/mol. The van der Waals surface area contributed by atoms with Crippen LogP contribution in [0, 0.1) is 0 Å². The molecule has 0 spiro atoms. The van der Waals surface area contributed by atoms with E-state index in [0.29, 0.717) is 11.6 Å². The summed E-state index contributed by atoms with van der Waals surface area (Å²) in [4.78, 5) is 7.36. The number of hydrogen-bond acceptors (Lipinski definition) is 5. The number of hydrogen-bond donors (Lipinski definition) is 3. The summed E-state index contributed by atoms with van der Waals surface area (Å²) >= 11 is 0. The number of nitrogens with one attached hydrogen (secondary N) is 2. The third-order valence-electron chi connectivity index (χ3n) is 2.44. The van der Waals surface area contributed by atoms with Crippen molar-refractivity contribution in [3.8, 4) is 0 Å². The largest absolute Gasteiger partial charge is 0.399 e. The highest BCUT2D eigenvalue weighted by Gasteiger charge is 2.12. The number of H-pyrrole nitrogens is 1. The van der Waals surface area contributed by atoms with Crippen LogP contribution in [0.5, 0.6) is 0 Å². The van der Waals surface area contributed by atoms with Gasteiger partial charge in [-0.15, -0.1) is 0 Å². The molecule has 1 atom stereocenters. The maximum absolute atomic E-state index is 11.2. The monoisotopic (exact) mass is 268 g/mol. The van der Waals surface area contributed by atoms with Crippen molar-refractivity contribution in [1.82, 2.24) is 9.97 Å². The molecule has 0 aliphatic carbocycles. The van der Waals surface area contributed by atoms with Gasteiger partial charge in [-0.2, -0.15) is 0 Å². The van der Waals surface area contributed by atoms with Gasteiger partial charge in [-0.25, -0.2) is 13.4 Å². The molecule has 0 saturated carbocycles. The molecule has 7 heteroatoms. The van der Waals surface area contributed by atoms with E-state index in [2.05, 4.69) is 15.3 Å². The number of aromatic nitrogens is 2. The molecule has 1 aromatic carbocycles. The van der Waals surface area contributed by atoms with Gasteiger partial charge in [-0.1, -0.05) is 0 Å². The Morgan fingerprint density at radius 3 is 2.89 bits per heavy atom. The molecule has 0 bridgehead atoms. The summed E-state index contributed by atoms with van der Waals surface area (Å²) in [6.45, 7) is 1.79. The Morgan fingerprint density at radius 1 is 1.50 bits per heavy atom. The smallest absolute Gasteiger partial charge is 0.201 e. The lowest BCUT2D eigenvalue weighted by Crippen LogP contribution is -2.25. The molecule has 98 valence electrons. The van der Waals surface area contributed by atoms with E-state index in [4.69, 9.17) is 5.73 Å². The Bertz CT molecular complexity index is 663. The summed E-state index contributed by atoms with van der Waals surface area (Å²) in [5, 5.41) is 3.02. The van der Waals surface area contributed by atoms with Crippen molar-refractivity contribution in [2.24, 2.45) is 0 Å². The van der Waals surface area contributed by atoms with E-state index < -0.39 is 9.84 Å². The first-order valence-corrected chi connectivity index (χ1v) is 7.59. The fourth-order valence-electron chi connectivity index (χ4n) is 1.82. The van der Waals surface area contributed by atoms with Crippen molar-refractivity contribution in [1.29, 1.82) is 0 Å². The molecule has 18 heavy (non-hydrogen) atoms. The normalized spacial score (nSPS) is 13.7. The second kappa shape index (κ2) is 4.49. The lowest BCUT2D eigenvalue weighted by molar-refractivity contribution is 0.598. The first kappa shape index (κ1) is 12.7. The SMILES string of the molecule is CC(CS(C)(=O)=O)Nc1nc2ccc(N)cc2[nH]1. The second-order valence-electron chi connectivity index (χ2n) is 4.50. The summed E-state index contributed by atoms with van der Waals surface area (Å²) < 4.78 is 22.3. The predicted octanol–water partition coefficient (Wildman–Crippen LogP) is 0.990. The fourth-order valence-corrected chi connectivity index (χ4v) is 2.82. The van der Waals surface area contributed by atoms with E-state index >= 15 is 0 Å². The third-order valence-corrected chi connectivity index (χ3v) is 3.55. The standard InChI is InChI=1S/C11H16N4O2S/c1-7(6-18(2,16)17)13-11-14-9-4-3-8(12)5-10(9)15-11/h3-5,7H,6,12H2,1-2H3,(H2,13,14,15). The average molecular weight is 268 g/mol. The van der Waals surface area contributed by atoms with Crippen LogP contribution in [0.15, 0.2) is 18.2 Å². The Balaban J connectivity index is 2.17. The van der Waals surface area contributed by atoms with Crippen molar-refractivity contribution in [3.63, 3.8) is 0 Å². The highest BCUT2D eigenvalue weighted by atomic mass is 32.2. The van der Waals surface area contributed by atoms with Crippen LogP contribution in [0.4, 0.5) is 11.6 Å². The van der Waals surface area contributed by atoms with Crippen LogP contribution in [0.3, 0.4) is 0 Å². The first-order valence-electron chi connectivity index (χ1n) is 5.53. The van der Waals surface area contributed by atoms with Gasteiger partial charge < -0.3 is 16.0 Å². The number of aromatic amines is 1. The number of nitrogens with zero attached hydrogens (tertiary/aromatic N) is 1. The van der Waals surface area contributed by atoms with Gasteiger partial charge in [0.25, 0.3) is 0 Å². The number of fused-ring (bicyclic) bond motifs is 1.